The quantitative estimate of drug-likeness (QED) is 0.426. The molecule has 0 amide bonds. The first-order chi connectivity index (χ1) is 15.7. The lowest BCUT2D eigenvalue weighted by Gasteiger charge is -2.18. The highest BCUT2D eigenvalue weighted by atomic mass is 32.1. The second kappa shape index (κ2) is 7.38. The van der Waals surface area contributed by atoms with Gasteiger partial charge in [0.1, 0.15) is 5.83 Å². The summed E-state index contributed by atoms with van der Waals surface area (Å²) in [5.74, 6) is 1.60. The molecular formula is C29H29FNS+. The standard InChI is InChI=1S/C29H29FNS/c30-25-8-4-3-7-22(25)21-15-24-23-10-9-20-17-31-12-11-19(13-18-5-1-2-6-18)14-26(31)28(20)29(23)32-27(24)16-21/h7-12,16,18-19H,1-6,13-15,17H2/q+1. The van der Waals surface area contributed by atoms with E-state index in [1.165, 1.54) is 70.2 Å². The molecule has 7 rings (SSSR count). The lowest BCUT2D eigenvalue weighted by atomic mass is 9.86. The van der Waals surface area contributed by atoms with Gasteiger partial charge in [0.25, 0.3) is 0 Å². The van der Waals surface area contributed by atoms with E-state index in [4.69, 9.17) is 0 Å². The molecule has 0 radical (unpaired) electrons. The van der Waals surface area contributed by atoms with Crippen LogP contribution in [0, 0.1) is 11.8 Å². The van der Waals surface area contributed by atoms with Crippen molar-refractivity contribution in [2.45, 2.75) is 64.3 Å². The third-order valence-corrected chi connectivity index (χ3v) is 9.49. The van der Waals surface area contributed by atoms with Gasteiger partial charge in [0.2, 0.25) is 0 Å². The van der Waals surface area contributed by atoms with Crippen LogP contribution in [-0.4, -0.2) is 10.3 Å². The molecule has 0 N–H and O–H groups in total. The number of halogens is 1. The Morgan fingerprint density at radius 1 is 1.09 bits per heavy atom. The molecular weight excluding hydrogens is 413 g/mol. The molecule has 1 unspecified atom stereocenters. The van der Waals surface area contributed by atoms with E-state index >= 15 is 0 Å². The zero-order chi connectivity index (χ0) is 21.2. The summed E-state index contributed by atoms with van der Waals surface area (Å²) >= 11 is 1.93. The summed E-state index contributed by atoms with van der Waals surface area (Å²) in [6, 6.07) is 4.69. The molecule has 3 heterocycles. The predicted octanol–water partition coefficient (Wildman–Crippen LogP) is 7.84. The van der Waals surface area contributed by atoms with Gasteiger partial charge >= 0.3 is 0 Å². The Bertz CT molecular complexity index is 1290. The number of hydrogen-bond acceptors (Lipinski definition) is 1. The van der Waals surface area contributed by atoms with Gasteiger partial charge < -0.3 is 0 Å². The Kier molecular flexibility index (Phi) is 4.44. The van der Waals surface area contributed by atoms with Gasteiger partial charge in [0.15, 0.2) is 18.5 Å². The van der Waals surface area contributed by atoms with Crippen LogP contribution in [0.1, 0.15) is 72.9 Å². The van der Waals surface area contributed by atoms with Crippen molar-refractivity contribution in [3.05, 3.63) is 75.1 Å². The molecule has 0 bridgehead atoms. The van der Waals surface area contributed by atoms with E-state index in [0.717, 1.165) is 42.9 Å². The van der Waals surface area contributed by atoms with E-state index in [-0.39, 0.29) is 5.83 Å². The third-order valence-electron chi connectivity index (χ3n) is 8.27. The maximum absolute atomic E-state index is 14.4. The van der Waals surface area contributed by atoms with Crippen molar-refractivity contribution < 1.29 is 8.97 Å². The van der Waals surface area contributed by atoms with Crippen molar-refractivity contribution >= 4 is 33.2 Å². The average Bonchev–Trinajstić information content (AvgIpc) is 3.56. The summed E-state index contributed by atoms with van der Waals surface area (Å²) in [5.41, 5.74) is 7.95. The van der Waals surface area contributed by atoms with Gasteiger partial charge in [-0.05, 0) is 65.8 Å². The van der Waals surface area contributed by atoms with Crippen molar-refractivity contribution in [3.8, 4) is 0 Å². The van der Waals surface area contributed by atoms with E-state index in [1.54, 1.807) is 11.8 Å². The molecule has 32 heavy (non-hydrogen) atoms. The van der Waals surface area contributed by atoms with Crippen LogP contribution in [0.3, 0.4) is 0 Å². The first-order valence-corrected chi connectivity index (χ1v) is 13.2. The molecule has 1 saturated carbocycles. The fourth-order valence-electron chi connectivity index (χ4n) is 6.68. The van der Waals surface area contributed by atoms with Crippen molar-refractivity contribution in [2.24, 2.45) is 11.8 Å². The van der Waals surface area contributed by atoms with Gasteiger partial charge in [-0.1, -0.05) is 43.9 Å². The second-order valence-corrected chi connectivity index (χ2v) is 11.3. The highest BCUT2D eigenvalue weighted by Gasteiger charge is 2.36. The van der Waals surface area contributed by atoms with Gasteiger partial charge in [-0.3, -0.25) is 0 Å². The lowest BCUT2D eigenvalue weighted by Crippen LogP contribution is -2.20. The maximum Gasteiger partial charge on any atom is 0.191 e. The number of hydrogen-bond donors (Lipinski definition) is 0. The molecule has 2 aromatic rings. The molecule has 3 aliphatic carbocycles. The van der Waals surface area contributed by atoms with E-state index in [2.05, 4.69) is 41.1 Å². The van der Waals surface area contributed by atoms with Gasteiger partial charge in [-0.15, -0.1) is 11.3 Å². The number of allylic oxidation sites excluding steroid dienone is 6. The van der Waals surface area contributed by atoms with Gasteiger partial charge in [0.05, 0.1) is 5.56 Å². The van der Waals surface area contributed by atoms with Crippen LogP contribution < -0.4 is 0 Å². The van der Waals surface area contributed by atoms with E-state index < -0.39 is 0 Å². The molecule has 1 atom stereocenters. The Morgan fingerprint density at radius 3 is 2.84 bits per heavy atom. The fourth-order valence-corrected chi connectivity index (χ4v) is 8.06. The summed E-state index contributed by atoms with van der Waals surface area (Å²) in [5, 5.41) is 1.40. The first kappa shape index (κ1) is 19.2. The Labute approximate surface area is 193 Å². The predicted molar refractivity (Wildman–Crippen MR) is 132 cm³/mol. The Balaban J connectivity index is 1.24. The van der Waals surface area contributed by atoms with Crippen LogP contribution in [-0.2, 0) is 13.0 Å². The number of benzene rings is 1. The minimum absolute atomic E-state index is 0.0312. The van der Waals surface area contributed by atoms with Crippen molar-refractivity contribution in [1.29, 1.82) is 0 Å². The van der Waals surface area contributed by atoms with Gasteiger partial charge in [-0.25, -0.2) is 4.39 Å². The maximum atomic E-state index is 14.4. The average molecular weight is 443 g/mol. The summed E-state index contributed by atoms with van der Waals surface area (Å²) in [6.45, 7) is 1.01. The Morgan fingerprint density at radius 2 is 1.97 bits per heavy atom. The zero-order valence-electron chi connectivity index (χ0n) is 18.5. The summed E-state index contributed by atoms with van der Waals surface area (Å²) < 4.78 is 18.4. The number of rotatable bonds is 3. The van der Waals surface area contributed by atoms with Crippen molar-refractivity contribution in [3.63, 3.8) is 0 Å². The number of fused-ring (bicyclic) bond motifs is 6. The topological polar surface area (TPSA) is 3.01 Å². The van der Waals surface area contributed by atoms with E-state index in [0.29, 0.717) is 5.92 Å². The normalized spacial score (nSPS) is 24.5. The largest absolute Gasteiger partial charge is 0.207 e. The minimum atomic E-state index is -0.0312. The summed E-state index contributed by atoms with van der Waals surface area (Å²) in [7, 11) is 0. The van der Waals surface area contributed by atoms with Crippen LogP contribution in [0.25, 0.3) is 16.2 Å². The fraction of sp³-hybridized carbons (Fsp3) is 0.414. The van der Waals surface area contributed by atoms with Gasteiger partial charge in [0, 0.05) is 33.6 Å². The van der Waals surface area contributed by atoms with Gasteiger partial charge in [-0.2, -0.15) is 4.58 Å². The van der Waals surface area contributed by atoms with Crippen molar-refractivity contribution in [2.75, 3.05) is 0 Å². The van der Waals surface area contributed by atoms with E-state index in [9.17, 15) is 4.39 Å². The monoisotopic (exact) mass is 442 g/mol. The Hall–Kier alpha value is -2.26. The molecule has 2 aliphatic heterocycles. The smallest absolute Gasteiger partial charge is 0.191 e. The second-order valence-electron chi connectivity index (χ2n) is 10.3. The molecule has 1 nitrogen and oxygen atoms in total. The molecule has 0 spiro atoms. The SMILES string of the molecule is FC1=CCCC=C1C1=Cc2sc3c4c(ccc3c2C1)C[N+]1=C4CC(CC2CCCC2)C=C1. The highest BCUT2D eigenvalue weighted by Crippen LogP contribution is 2.46. The number of thiophene rings is 1. The first-order valence-electron chi connectivity index (χ1n) is 12.4. The molecule has 3 heteroatoms. The molecule has 1 aromatic heterocycles. The van der Waals surface area contributed by atoms with Crippen molar-refractivity contribution in [1.82, 2.24) is 0 Å². The van der Waals surface area contributed by atoms with Crippen LogP contribution >= 0.6 is 11.3 Å². The highest BCUT2D eigenvalue weighted by molar-refractivity contribution is 7.20. The van der Waals surface area contributed by atoms with E-state index in [1.807, 2.05) is 11.3 Å². The number of nitrogens with zero attached hydrogens (tertiary/aromatic N) is 1. The zero-order valence-corrected chi connectivity index (χ0v) is 19.3. The molecule has 162 valence electrons. The lowest BCUT2D eigenvalue weighted by molar-refractivity contribution is -0.472. The molecule has 1 aromatic carbocycles. The van der Waals surface area contributed by atoms with Crippen LogP contribution in [0.4, 0.5) is 4.39 Å². The third kappa shape index (κ3) is 2.97. The minimum Gasteiger partial charge on any atom is -0.207 e. The summed E-state index contributed by atoms with van der Waals surface area (Å²) in [4.78, 5) is 1.34. The molecule has 5 aliphatic rings. The summed E-state index contributed by atoms with van der Waals surface area (Å²) in [6.07, 6.45) is 21.9. The van der Waals surface area contributed by atoms with Crippen LogP contribution in [0.5, 0.6) is 0 Å². The molecule has 1 fully saturated rings. The molecule has 0 saturated heterocycles. The van der Waals surface area contributed by atoms with Crippen LogP contribution in [0.15, 0.2) is 53.5 Å². The van der Waals surface area contributed by atoms with Crippen LogP contribution in [0.2, 0.25) is 0 Å².